The minimum absolute atomic E-state index is 0.0109. The Morgan fingerprint density at radius 3 is 2.68 bits per heavy atom. The highest BCUT2D eigenvalue weighted by Gasteiger charge is 2.27. The molecule has 0 aliphatic heterocycles. The molecule has 1 aliphatic rings. The summed E-state index contributed by atoms with van der Waals surface area (Å²) in [5.74, 6) is -1.97. The Balaban J connectivity index is 2.49. The van der Waals surface area contributed by atoms with Crippen LogP contribution < -0.4 is 5.43 Å². The molecular weight excluding hydrogens is 273 g/mol. The average Bonchev–Trinajstić information content (AvgIpc) is 3.13. The zero-order chi connectivity index (χ0) is 13.7. The topological polar surface area (TPSA) is 59.3 Å². The number of rotatable bonds is 2. The van der Waals surface area contributed by atoms with Crippen LogP contribution in [0.2, 0.25) is 5.02 Å². The Labute approximate surface area is 112 Å². The molecule has 1 aromatic heterocycles. The van der Waals surface area contributed by atoms with Crippen molar-refractivity contribution in [2.75, 3.05) is 0 Å². The number of aromatic carboxylic acids is 1. The molecular formula is C13H9ClFNO3. The van der Waals surface area contributed by atoms with Gasteiger partial charge in [0.2, 0.25) is 5.43 Å². The van der Waals surface area contributed by atoms with Gasteiger partial charge in [-0.05, 0) is 25.0 Å². The number of carboxylic acid groups (broad SMARTS) is 1. The summed E-state index contributed by atoms with van der Waals surface area (Å²) >= 11 is 6.00. The zero-order valence-electron chi connectivity index (χ0n) is 9.69. The van der Waals surface area contributed by atoms with Crippen LogP contribution in [-0.4, -0.2) is 15.6 Å². The standard InChI is InChI=1S/C13H9ClFNO3/c14-10-4-6(15)3-8-11(10)16(7-1-2-7)5-9(12(8)17)13(18)19/h3-5,7H,1-2H2,(H,18,19). The number of halogens is 2. The first-order chi connectivity index (χ1) is 8.99. The van der Waals surface area contributed by atoms with Crippen molar-refractivity contribution >= 4 is 28.5 Å². The molecule has 6 heteroatoms. The van der Waals surface area contributed by atoms with Gasteiger partial charge >= 0.3 is 5.97 Å². The molecule has 1 heterocycles. The van der Waals surface area contributed by atoms with E-state index in [1.165, 1.54) is 6.20 Å². The first-order valence-electron chi connectivity index (χ1n) is 5.76. The van der Waals surface area contributed by atoms with Gasteiger partial charge in [0, 0.05) is 12.2 Å². The zero-order valence-corrected chi connectivity index (χ0v) is 10.4. The number of hydrogen-bond acceptors (Lipinski definition) is 2. The van der Waals surface area contributed by atoms with Crippen LogP contribution in [0.3, 0.4) is 0 Å². The van der Waals surface area contributed by atoms with Crippen LogP contribution in [0, 0.1) is 5.82 Å². The van der Waals surface area contributed by atoms with E-state index in [1.54, 1.807) is 4.57 Å². The first kappa shape index (κ1) is 12.2. The lowest BCUT2D eigenvalue weighted by Crippen LogP contribution is -2.19. The molecule has 0 amide bonds. The summed E-state index contributed by atoms with van der Waals surface area (Å²) < 4.78 is 15.0. The van der Waals surface area contributed by atoms with Crippen LogP contribution in [0.25, 0.3) is 10.9 Å². The third kappa shape index (κ3) is 1.90. The van der Waals surface area contributed by atoms with E-state index < -0.39 is 17.2 Å². The van der Waals surface area contributed by atoms with Gasteiger partial charge in [-0.3, -0.25) is 4.79 Å². The van der Waals surface area contributed by atoms with E-state index in [2.05, 4.69) is 0 Å². The van der Waals surface area contributed by atoms with Crippen molar-refractivity contribution in [3.05, 3.63) is 45.0 Å². The van der Waals surface area contributed by atoms with Gasteiger partial charge in [0.05, 0.1) is 15.9 Å². The summed E-state index contributed by atoms with van der Waals surface area (Å²) in [6, 6.07) is 2.29. The van der Waals surface area contributed by atoms with Gasteiger partial charge in [-0.15, -0.1) is 0 Å². The fourth-order valence-corrected chi connectivity index (χ4v) is 2.51. The molecule has 3 rings (SSSR count). The maximum Gasteiger partial charge on any atom is 0.341 e. The summed E-state index contributed by atoms with van der Waals surface area (Å²) in [6.45, 7) is 0. The summed E-state index contributed by atoms with van der Waals surface area (Å²) in [5, 5.41) is 9.18. The Bertz CT molecular complexity index is 765. The van der Waals surface area contributed by atoms with Crippen molar-refractivity contribution in [3.63, 3.8) is 0 Å². The third-order valence-corrected chi connectivity index (χ3v) is 3.50. The highest BCUT2D eigenvalue weighted by molar-refractivity contribution is 6.35. The monoisotopic (exact) mass is 281 g/mol. The molecule has 1 saturated carbocycles. The fourth-order valence-electron chi connectivity index (χ4n) is 2.20. The van der Waals surface area contributed by atoms with Gasteiger partial charge in [0.15, 0.2) is 0 Å². The number of aromatic nitrogens is 1. The van der Waals surface area contributed by atoms with Gasteiger partial charge < -0.3 is 9.67 Å². The number of pyridine rings is 1. The third-order valence-electron chi connectivity index (χ3n) is 3.21. The maximum absolute atomic E-state index is 13.4. The van der Waals surface area contributed by atoms with Crippen LogP contribution in [0.15, 0.2) is 23.1 Å². The second-order valence-corrected chi connectivity index (χ2v) is 5.01. The normalized spacial score (nSPS) is 14.8. The van der Waals surface area contributed by atoms with Crippen LogP contribution >= 0.6 is 11.6 Å². The fraction of sp³-hybridized carbons (Fsp3) is 0.231. The number of carboxylic acids is 1. The number of hydrogen-bond donors (Lipinski definition) is 1. The number of nitrogens with zero attached hydrogens (tertiary/aromatic N) is 1. The average molecular weight is 282 g/mol. The van der Waals surface area contributed by atoms with Crippen LogP contribution in [0.5, 0.6) is 0 Å². The highest BCUT2D eigenvalue weighted by atomic mass is 35.5. The van der Waals surface area contributed by atoms with Crippen molar-refractivity contribution < 1.29 is 14.3 Å². The van der Waals surface area contributed by atoms with E-state index in [-0.39, 0.29) is 22.0 Å². The molecule has 1 aliphatic carbocycles. The molecule has 0 unspecified atom stereocenters. The number of fused-ring (bicyclic) bond motifs is 1. The van der Waals surface area contributed by atoms with E-state index >= 15 is 0 Å². The van der Waals surface area contributed by atoms with Gasteiger partial charge in [-0.1, -0.05) is 11.6 Å². The summed E-state index contributed by atoms with van der Waals surface area (Å²) in [6.07, 6.45) is 3.09. The van der Waals surface area contributed by atoms with Gasteiger partial charge in [0.25, 0.3) is 0 Å². The Hall–Kier alpha value is -1.88. The minimum Gasteiger partial charge on any atom is -0.477 e. The second-order valence-electron chi connectivity index (χ2n) is 4.60. The molecule has 0 radical (unpaired) electrons. The molecule has 0 atom stereocenters. The molecule has 2 aromatic rings. The van der Waals surface area contributed by atoms with Crippen molar-refractivity contribution in [2.24, 2.45) is 0 Å². The molecule has 19 heavy (non-hydrogen) atoms. The maximum atomic E-state index is 13.4. The Kier molecular flexibility index (Phi) is 2.60. The predicted octanol–water partition coefficient (Wildman–Crippen LogP) is 2.83. The lowest BCUT2D eigenvalue weighted by atomic mass is 10.1. The largest absolute Gasteiger partial charge is 0.477 e. The Morgan fingerprint density at radius 2 is 2.11 bits per heavy atom. The number of benzene rings is 1. The van der Waals surface area contributed by atoms with E-state index in [0.717, 1.165) is 25.0 Å². The van der Waals surface area contributed by atoms with Gasteiger partial charge in [-0.2, -0.15) is 0 Å². The van der Waals surface area contributed by atoms with E-state index in [0.29, 0.717) is 5.52 Å². The highest BCUT2D eigenvalue weighted by Crippen LogP contribution is 2.38. The van der Waals surface area contributed by atoms with Crippen LogP contribution in [-0.2, 0) is 0 Å². The molecule has 1 aromatic carbocycles. The van der Waals surface area contributed by atoms with E-state index in [4.69, 9.17) is 16.7 Å². The molecule has 0 spiro atoms. The smallest absolute Gasteiger partial charge is 0.341 e. The van der Waals surface area contributed by atoms with Crippen molar-refractivity contribution in [3.8, 4) is 0 Å². The molecule has 4 nitrogen and oxygen atoms in total. The summed E-state index contributed by atoms with van der Waals surface area (Å²) in [7, 11) is 0. The molecule has 0 saturated heterocycles. The van der Waals surface area contributed by atoms with Crippen LogP contribution in [0.1, 0.15) is 29.2 Å². The summed E-state index contributed by atoms with van der Waals surface area (Å²) in [5.41, 5.74) is -0.664. The molecule has 1 N–H and O–H groups in total. The molecule has 0 bridgehead atoms. The van der Waals surface area contributed by atoms with Crippen molar-refractivity contribution in [1.29, 1.82) is 0 Å². The van der Waals surface area contributed by atoms with E-state index in [9.17, 15) is 14.0 Å². The predicted molar refractivity (Wildman–Crippen MR) is 68.4 cm³/mol. The lowest BCUT2D eigenvalue weighted by Gasteiger charge is -2.12. The van der Waals surface area contributed by atoms with E-state index in [1.807, 2.05) is 0 Å². The Morgan fingerprint density at radius 1 is 1.42 bits per heavy atom. The molecule has 1 fully saturated rings. The second kappa shape index (κ2) is 4.06. The quantitative estimate of drug-likeness (QED) is 0.921. The van der Waals surface area contributed by atoms with Crippen LogP contribution in [0.4, 0.5) is 4.39 Å². The van der Waals surface area contributed by atoms with Gasteiger partial charge in [0.1, 0.15) is 11.4 Å². The van der Waals surface area contributed by atoms with Gasteiger partial charge in [-0.25, -0.2) is 9.18 Å². The first-order valence-corrected chi connectivity index (χ1v) is 6.14. The SMILES string of the molecule is O=C(O)c1cn(C2CC2)c2c(Cl)cc(F)cc2c1=O. The summed E-state index contributed by atoms with van der Waals surface area (Å²) in [4.78, 5) is 23.1. The van der Waals surface area contributed by atoms with Crippen molar-refractivity contribution in [2.45, 2.75) is 18.9 Å². The minimum atomic E-state index is -1.32. The number of carbonyl (C=O) groups is 1. The lowest BCUT2D eigenvalue weighted by molar-refractivity contribution is 0.0695. The molecule has 98 valence electrons. The van der Waals surface area contributed by atoms with Crippen molar-refractivity contribution in [1.82, 2.24) is 4.57 Å².